The third-order valence-electron chi connectivity index (χ3n) is 3.59. The Morgan fingerprint density at radius 2 is 1.76 bits per heavy atom. The molecule has 8 heteroatoms. The fourth-order valence-corrected chi connectivity index (χ4v) is 5.79. The van der Waals surface area contributed by atoms with Gasteiger partial charge in [0.25, 0.3) is 0 Å². The minimum absolute atomic E-state index is 0. The molecule has 0 aliphatic rings. The van der Waals surface area contributed by atoms with Gasteiger partial charge in [-0.3, -0.25) is 0 Å². The monoisotopic (exact) mass is 416 g/mol. The molecule has 3 aromatic rings. The maximum atomic E-state index is 11.0. The van der Waals surface area contributed by atoms with Crippen LogP contribution in [0.2, 0.25) is 0 Å². The van der Waals surface area contributed by atoms with Gasteiger partial charge in [0, 0.05) is 12.0 Å². The number of hydrogen-bond donors (Lipinski definition) is 0. The maximum Gasteiger partial charge on any atom is 1.00 e. The van der Waals surface area contributed by atoms with E-state index in [9.17, 15) is 13.0 Å². The zero-order chi connectivity index (χ0) is 17.3. The van der Waals surface area contributed by atoms with E-state index in [1.807, 2.05) is 6.07 Å². The molecular weight excluding hydrogens is 403 g/mol. The van der Waals surface area contributed by atoms with Gasteiger partial charge < -0.3 is 4.55 Å². The van der Waals surface area contributed by atoms with E-state index in [-0.39, 0.29) is 34.5 Å². The van der Waals surface area contributed by atoms with E-state index in [0.717, 1.165) is 25.4 Å². The average Bonchev–Trinajstić information content (AvgIpc) is 2.88. The van der Waals surface area contributed by atoms with Crippen molar-refractivity contribution in [3.8, 4) is 10.4 Å². The van der Waals surface area contributed by atoms with Gasteiger partial charge in [0.05, 0.1) is 9.77 Å². The Morgan fingerprint density at radius 1 is 1.08 bits per heavy atom. The second-order valence-electron chi connectivity index (χ2n) is 5.41. The standard InChI is InChI=1S/C17H14O3S4.Na/c1-11-3-2-4-13(9-11)16-15(17(21)23-22-16)10-12-5-7-14(8-6-12)24(18,19)20;/h2-9H,10H2,1H3,(H,18,19,20);/q;+1/p-1. The molecule has 0 spiro atoms. The summed E-state index contributed by atoms with van der Waals surface area (Å²) >= 11 is 5.47. The van der Waals surface area contributed by atoms with E-state index in [1.54, 1.807) is 32.8 Å². The Morgan fingerprint density at radius 3 is 2.36 bits per heavy atom. The molecule has 0 saturated carbocycles. The predicted octanol–water partition coefficient (Wildman–Crippen LogP) is 2.01. The van der Waals surface area contributed by atoms with E-state index in [4.69, 9.17) is 12.2 Å². The SMILES string of the molecule is Cc1cccc(-c2ssc(=S)c2Cc2ccc(S(=O)(=O)[O-])cc2)c1.[Na+]. The van der Waals surface area contributed by atoms with E-state index in [1.165, 1.54) is 17.7 Å². The van der Waals surface area contributed by atoms with Crippen molar-refractivity contribution in [2.45, 2.75) is 18.2 Å². The Bertz CT molecular complexity index is 1030. The summed E-state index contributed by atoms with van der Waals surface area (Å²) in [5.41, 5.74) is 4.32. The summed E-state index contributed by atoms with van der Waals surface area (Å²) < 4.78 is 33.9. The number of benzene rings is 2. The molecule has 1 heterocycles. The van der Waals surface area contributed by atoms with Crippen molar-refractivity contribution in [3.63, 3.8) is 0 Å². The average molecular weight is 417 g/mol. The third-order valence-corrected chi connectivity index (χ3v) is 7.64. The van der Waals surface area contributed by atoms with Gasteiger partial charge >= 0.3 is 29.6 Å². The first-order valence-corrected chi connectivity index (χ1v) is 11.0. The van der Waals surface area contributed by atoms with Crippen molar-refractivity contribution >= 4 is 43.0 Å². The molecule has 2 aromatic carbocycles. The first-order valence-electron chi connectivity index (χ1n) is 7.08. The van der Waals surface area contributed by atoms with Crippen LogP contribution in [0.15, 0.2) is 53.4 Å². The van der Waals surface area contributed by atoms with Crippen LogP contribution < -0.4 is 29.6 Å². The van der Waals surface area contributed by atoms with Crippen molar-refractivity contribution in [2.24, 2.45) is 0 Å². The quantitative estimate of drug-likeness (QED) is 0.283. The van der Waals surface area contributed by atoms with Gasteiger partial charge in [0.1, 0.15) is 13.9 Å². The van der Waals surface area contributed by atoms with Crippen LogP contribution in [0.1, 0.15) is 16.7 Å². The van der Waals surface area contributed by atoms with Gasteiger partial charge in [-0.15, -0.1) is 0 Å². The number of rotatable bonds is 4. The summed E-state index contributed by atoms with van der Waals surface area (Å²) in [7, 11) is -1.19. The molecule has 0 saturated heterocycles. The summed E-state index contributed by atoms with van der Waals surface area (Å²) in [6.45, 7) is 2.05. The fourth-order valence-electron chi connectivity index (χ4n) is 2.41. The Hall–Kier alpha value is -0.380. The van der Waals surface area contributed by atoms with Crippen LogP contribution in [0.3, 0.4) is 0 Å². The number of aryl methyl sites for hydroxylation is 1. The Labute approximate surface area is 181 Å². The van der Waals surface area contributed by atoms with E-state index in [0.29, 0.717) is 6.42 Å². The molecule has 3 rings (SSSR count). The van der Waals surface area contributed by atoms with E-state index in [2.05, 4.69) is 25.1 Å². The molecule has 0 amide bonds. The zero-order valence-corrected chi connectivity index (χ0v) is 18.9. The first kappa shape index (κ1) is 20.9. The molecule has 0 atom stereocenters. The normalized spacial score (nSPS) is 11.1. The molecule has 0 bridgehead atoms. The molecule has 0 N–H and O–H groups in total. The molecule has 3 nitrogen and oxygen atoms in total. The summed E-state index contributed by atoms with van der Waals surface area (Å²) in [4.78, 5) is 0.936. The predicted molar refractivity (Wildman–Crippen MR) is 100 cm³/mol. The Kier molecular flexibility index (Phi) is 7.15. The molecule has 0 fully saturated rings. The molecule has 124 valence electrons. The van der Waals surface area contributed by atoms with Gasteiger partial charge in [0.2, 0.25) is 0 Å². The first-order chi connectivity index (χ1) is 11.3. The van der Waals surface area contributed by atoms with Crippen LogP contribution in [-0.2, 0) is 16.5 Å². The largest absolute Gasteiger partial charge is 1.00 e. The van der Waals surface area contributed by atoms with Gasteiger partial charge in [-0.25, -0.2) is 8.42 Å². The van der Waals surface area contributed by atoms with Gasteiger partial charge in [0.15, 0.2) is 0 Å². The van der Waals surface area contributed by atoms with Crippen LogP contribution in [-0.4, -0.2) is 13.0 Å². The molecule has 25 heavy (non-hydrogen) atoms. The Balaban J connectivity index is 0.00000225. The van der Waals surface area contributed by atoms with Crippen LogP contribution in [0, 0.1) is 10.7 Å². The van der Waals surface area contributed by atoms with Crippen molar-refractivity contribution < 1.29 is 42.5 Å². The maximum absolute atomic E-state index is 11.0. The summed E-state index contributed by atoms with van der Waals surface area (Å²) in [5.74, 6) is 0. The van der Waals surface area contributed by atoms with E-state index < -0.39 is 10.1 Å². The summed E-state index contributed by atoms with van der Waals surface area (Å²) in [6.07, 6.45) is 0.612. The second-order valence-corrected chi connectivity index (χ2v) is 9.60. The van der Waals surface area contributed by atoms with Crippen LogP contribution >= 0.6 is 32.9 Å². The number of hydrogen-bond acceptors (Lipinski definition) is 6. The van der Waals surface area contributed by atoms with Crippen molar-refractivity contribution in [1.82, 2.24) is 0 Å². The second kappa shape index (κ2) is 8.54. The smallest absolute Gasteiger partial charge is 0.744 e. The van der Waals surface area contributed by atoms with Gasteiger partial charge in [-0.05, 0) is 30.2 Å². The van der Waals surface area contributed by atoms with Crippen molar-refractivity contribution in [2.75, 3.05) is 0 Å². The molecule has 0 unspecified atom stereocenters. The van der Waals surface area contributed by atoms with Crippen LogP contribution in [0.25, 0.3) is 10.4 Å². The molecule has 1 aromatic heterocycles. The third kappa shape index (κ3) is 5.08. The zero-order valence-electron chi connectivity index (χ0n) is 13.7. The van der Waals surface area contributed by atoms with Crippen molar-refractivity contribution in [1.29, 1.82) is 0 Å². The topological polar surface area (TPSA) is 57.2 Å². The molecule has 0 radical (unpaired) electrons. The molecular formula is C17H13NaO3S4. The fraction of sp³-hybridized carbons (Fsp3) is 0.118. The summed E-state index contributed by atoms with van der Waals surface area (Å²) in [5, 5.41) is 0. The van der Waals surface area contributed by atoms with Crippen LogP contribution in [0.5, 0.6) is 0 Å². The van der Waals surface area contributed by atoms with Crippen LogP contribution in [0.4, 0.5) is 0 Å². The van der Waals surface area contributed by atoms with Gasteiger partial charge in [-0.2, -0.15) is 0 Å². The summed E-state index contributed by atoms with van der Waals surface area (Å²) in [6, 6.07) is 14.3. The molecule has 0 aliphatic carbocycles. The van der Waals surface area contributed by atoms with Crippen molar-refractivity contribution in [3.05, 3.63) is 69.0 Å². The minimum atomic E-state index is -4.41. The van der Waals surface area contributed by atoms with Gasteiger partial charge in [-0.1, -0.05) is 74.9 Å². The molecule has 0 aliphatic heterocycles. The van der Waals surface area contributed by atoms with E-state index >= 15 is 0 Å². The minimum Gasteiger partial charge on any atom is -0.744 e.